The first kappa shape index (κ1) is 14.2. The van der Waals surface area contributed by atoms with Crippen LogP contribution < -0.4 is 5.32 Å². The molecule has 2 N–H and O–H groups in total. The highest BCUT2D eigenvalue weighted by Gasteiger charge is 2.44. The van der Waals surface area contributed by atoms with E-state index in [4.69, 9.17) is 9.47 Å². The Balaban J connectivity index is 2.69. The summed E-state index contributed by atoms with van der Waals surface area (Å²) in [5.41, 5.74) is 0. The van der Waals surface area contributed by atoms with E-state index in [9.17, 15) is 23.1 Å². The molecule has 0 spiro atoms. The van der Waals surface area contributed by atoms with Crippen LogP contribution in [0.4, 0.5) is 13.2 Å². The summed E-state index contributed by atoms with van der Waals surface area (Å²) in [6, 6.07) is -0.937. The van der Waals surface area contributed by atoms with Gasteiger partial charge in [0.2, 0.25) is 0 Å². The van der Waals surface area contributed by atoms with Crippen LogP contribution in [0.25, 0.3) is 0 Å². The summed E-state index contributed by atoms with van der Waals surface area (Å²) in [7, 11) is 1.30. The van der Waals surface area contributed by atoms with Crippen molar-refractivity contribution in [3.05, 3.63) is 0 Å². The molecule has 1 fully saturated rings. The van der Waals surface area contributed by atoms with Gasteiger partial charge in [0.15, 0.2) is 6.29 Å². The molecule has 1 aliphatic heterocycles. The fraction of sp³-hybridized carbons (Fsp3) is 0.889. The van der Waals surface area contributed by atoms with E-state index in [0.29, 0.717) is 0 Å². The van der Waals surface area contributed by atoms with Gasteiger partial charge in [-0.05, 0) is 6.92 Å². The molecule has 1 aliphatic rings. The molecule has 1 rings (SSSR count). The molecule has 1 saturated heterocycles. The monoisotopic (exact) mass is 257 g/mol. The lowest BCUT2D eigenvalue weighted by atomic mass is 9.99. The number of carbonyl (C=O) groups is 1. The fourth-order valence-electron chi connectivity index (χ4n) is 1.81. The first-order chi connectivity index (χ1) is 7.75. The van der Waals surface area contributed by atoms with Crippen molar-refractivity contribution < 1.29 is 32.5 Å². The highest BCUT2D eigenvalue weighted by atomic mass is 19.4. The molecule has 0 aromatic rings. The van der Waals surface area contributed by atoms with Crippen molar-refractivity contribution in [1.29, 1.82) is 0 Å². The molecule has 0 aromatic heterocycles. The maximum Gasteiger partial charge on any atom is 0.471 e. The molecular weight excluding hydrogens is 243 g/mol. The van der Waals surface area contributed by atoms with E-state index in [1.165, 1.54) is 7.11 Å². The SMILES string of the molecule is CO[C@H]1[C@@H](NC(=O)C(F)(F)F)C[C@H](O)O[C@H]1C. The van der Waals surface area contributed by atoms with Crippen LogP contribution in [0.15, 0.2) is 0 Å². The Hall–Kier alpha value is -0.860. The summed E-state index contributed by atoms with van der Waals surface area (Å²) < 4.78 is 46.2. The number of rotatable bonds is 2. The van der Waals surface area contributed by atoms with Crippen LogP contribution in [0.1, 0.15) is 13.3 Å². The molecule has 8 heteroatoms. The van der Waals surface area contributed by atoms with E-state index in [0.717, 1.165) is 0 Å². The summed E-state index contributed by atoms with van der Waals surface area (Å²) in [6.45, 7) is 1.54. The number of amides is 1. The predicted molar refractivity (Wildman–Crippen MR) is 50.0 cm³/mol. The number of hydrogen-bond donors (Lipinski definition) is 2. The number of hydrogen-bond acceptors (Lipinski definition) is 4. The molecule has 5 nitrogen and oxygen atoms in total. The van der Waals surface area contributed by atoms with E-state index in [1.807, 2.05) is 0 Å². The van der Waals surface area contributed by atoms with Gasteiger partial charge in [-0.15, -0.1) is 0 Å². The summed E-state index contributed by atoms with van der Waals surface area (Å²) in [5, 5.41) is 11.1. The standard InChI is InChI=1S/C9H14F3NO4/c1-4-7(16-2)5(3-6(14)17-4)13-8(15)9(10,11)12/h4-7,14H,3H2,1-2H3,(H,13,15)/t4-,5-,6+,7+/m0/s1. The van der Waals surface area contributed by atoms with Gasteiger partial charge in [0.1, 0.15) is 6.10 Å². The highest BCUT2D eigenvalue weighted by molar-refractivity contribution is 5.82. The first-order valence-electron chi connectivity index (χ1n) is 4.99. The Labute approximate surface area is 95.9 Å². The van der Waals surface area contributed by atoms with Crippen molar-refractivity contribution in [2.75, 3.05) is 7.11 Å². The maximum atomic E-state index is 12.1. The second-order valence-electron chi connectivity index (χ2n) is 3.81. The second-order valence-corrected chi connectivity index (χ2v) is 3.81. The highest BCUT2D eigenvalue weighted by Crippen LogP contribution is 2.23. The van der Waals surface area contributed by atoms with Crippen LogP contribution in [0.5, 0.6) is 0 Å². The van der Waals surface area contributed by atoms with Gasteiger partial charge in [0.05, 0.1) is 12.1 Å². The predicted octanol–water partition coefficient (Wildman–Crippen LogP) is 0.176. The van der Waals surface area contributed by atoms with Gasteiger partial charge in [0.25, 0.3) is 0 Å². The van der Waals surface area contributed by atoms with Crippen LogP contribution >= 0.6 is 0 Å². The van der Waals surface area contributed by atoms with Crippen molar-refractivity contribution >= 4 is 5.91 Å². The Bertz CT molecular complexity index is 284. The van der Waals surface area contributed by atoms with Crippen molar-refractivity contribution in [1.82, 2.24) is 5.32 Å². The molecular formula is C9H14F3NO4. The van der Waals surface area contributed by atoms with E-state index >= 15 is 0 Å². The van der Waals surface area contributed by atoms with E-state index in [1.54, 1.807) is 12.2 Å². The number of alkyl halides is 3. The largest absolute Gasteiger partial charge is 0.471 e. The lowest BCUT2D eigenvalue weighted by Crippen LogP contribution is -2.57. The molecule has 0 aromatic carbocycles. The van der Waals surface area contributed by atoms with Gasteiger partial charge in [-0.25, -0.2) is 0 Å². The normalized spacial score (nSPS) is 34.5. The Morgan fingerprint density at radius 1 is 1.53 bits per heavy atom. The number of aliphatic hydroxyl groups is 1. The minimum absolute atomic E-state index is 0.148. The van der Waals surface area contributed by atoms with Crippen molar-refractivity contribution in [2.24, 2.45) is 0 Å². The zero-order valence-corrected chi connectivity index (χ0v) is 9.32. The van der Waals surface area contributed by atoms with Crippen molar-refractivity contribution in [3.8, 4) is 0 Å². The van der Waals surface area contributed by atoms with Gasteiger partial charge in [0, 0.05) is 13.5 Å². The fourth-order valence-corrected chi connectivity index (χ4v) is 1.81. The van der Waals surface area contributed by atoms with Gasteiger partial charge < -0.3 is 19.9 Å². The third-order valence-corrected chi connectivity index (χ3v) is 2.53. The lowest BCUT2D eigenvalue weighted by Gasteiger charge is -2.38. The van der Waals surface area contributed by atoms with Crippen LogP contribution in [0.2, 0.25) is 0 Å². The third-order valence-electron chi connectivity index (χ3n) is 2.53. The van der Waals surface area contributed by atoms with Crippen molar-refractivity contribution in [3.63, 3.8) is 0 Å². The molecule has 0 radical (unpaired) electrons. The minimum atomic E-state index is -4.95. The first-order valence-corrected chi connectivity index (χ1v) is 4.99. The van der Waals surface area contributed by atoms with Gasteiger partial charge in [-0.2, -0.15) is 13.2 Å². The van der Waals surface area contributed by atoms with Crippen molar-refractivity contribution in [2.45, 2.75) is 44.1 Å². The molecule has 1 heterocycles. The quantitative estimate of drug-likeness (QED) is 0.740. The maximum absolute atomic E-state index is 12.1. The summed E-state index contributed by atoms with van der Waals surface area (Å²) >= 11 is 0. The van der Waals surface area contributed by atoms with Crippen LogP contribution in [0, 0.1) is 0 Å². The molecule has 100 valence electrons. The minimum Gasteiger partial charge on any atom is -0.377 e. The number of aliphatic hydroxyl groups excluding tert-OH is 1. The molecule has 1 amide bonds. The lowest BCUT2D eigenvalue weighted by molar-refractivity contribution is -0.212. The summed E-state index contributed by atoms with van der Waals surface area (Å²) in [5.74, 6) is -2.05. The van der Waals surface area contributed by atoms with E-state index in [-0.39, 0.29) is 6.42 Å². The van der Waals surface area contributed by atoms with E-state index < -0.39 is 36.6 Å². The van der Waals surface area contributed by atoms with Crippen LogP contribution in [-0.2, 0) is 14.3 Å². The molecule has 0 saturated carbocycles. The Morgan fingerprint density at radius 3 is 2.59 bits per heavy atom. The zero-order valence-electron chi connectivity index (χ0n) is 9.32. The number of carbonyl (C=O) groups excluding carboxylic acids is 1. The third kappa shape index (κ3) is 3.55. The molecule has 0 aliphatic carbocycles. The van der Waals surface area contributed by atoms with Gasteiger partial charge in [-0.1, -0.05) is 0 Å². The average Bonchev–Trinajstić information content (AvgIpc) is 2.15. The topological polar surface area (TPSA) is 67.8 Å². The molecule has 0 bridgehead atoms. The van der Waals surface area contributed by atoms with Gasteiger partial charge >= 0.3 is 12.1 Å². The number of methoxy groups -OCH3 is 1. The Morgan fingerprint density at radius 2 is 2.12 bits per heavy atom. The molecule has 0 unspecified atom stereocenters. The Kier molecular flexibility index (Phi) is 4.34. The molecule has 17 heavy (non-hydrogen) atoms. The molecule has 4 atom stereocenters. The van der Waals surface area contributed by atoms with Crippen LogP contribution in [0.3, 0.4) is 0 Å². The number of halogens is 3. The number of ether oxygens (including phenoxy) is 2. The number of nitrogens with one attached hydrogen (secondary N) is 1. The zero-order chi connectivity index (χ0) is 13.2. The average molecular weight is 257 g/mol. The van der Waals surface area contributed by atoms with Gasteiger partial charge in [-0.3, -0.25) is 4.79 Å². The van der Waals surface area contributed by atoms with Crippen LogP contribution in [-0.4, -0.2) is 48.8 Å². The summed E-state index contributed by atoms with van der Waals surface area (Å²) in [4.78, 5) is 10.8. The second kappa shape index (κ2) is 5.19. The smallest absolute Gasteiger partial charge is 0.377 e. The summed E-state index contributed by atoms with van der Waals surface area (Å²) in [6.07, 6.45) is -7.66. The van der Waals surface area contributed by atoms with E-state index in [2.05, 4.69) is 0 Å².